The van der Waals surface area contributed by atoms with E-state index >= 15 is 0 Å². The first-order chi connectivity index (χ1) is 8.32. The van der Waals surface area contributed by atoms with Crippen molar-refractivity contribution in [3.05, 3.63) is 29.8 Å². The lowest BCUT2D eigenvalue weighted by atomic mass is 9.87. The molecule has 0 aliphatic heterocycles. The van der Waals surface area contributed by atoms with Gasteiger partial charge in [0.1, 0.15) is 0 Å². The zero-order valence-corrected chi connectivity index (χ0v) is 12.3. The highest BCUT2D eigenvalue weighted by Gasteiger charge is 2.14. The minimum absolute atomic E-state index is 0.197. The highest BCUT2D eigenvalue weighted by molar-refractivity contribution is 5.46. The van der Waals surface area contributed by atoms with Gasteiger partial charge in [-0.2, -0.15) is 0 Å². The topological polar surface area (TPSA) is 32.3 Å². The SMILES string of the molecule is CC[C@@H](C[C@@H](C)O)Nc1ccc(C(C)(C)C)cc1. The summed E-state index contributed by atoms with van der Waals surface area (Å²) in [6.45, 7) is 10.6. The molecule has 18 heavy (non-hydrogen) atoms. The maximum absolute atomic E-state index is 9.44. The number of benzene rings is 1. The molecule has 0 fully saturated rings. The Morgan fingerprint density at radius 3 is 2.11 bits per heavy atom. The molecule has 0 saturated heterocycles. The maximum atomic E-state index is 9.44. The number of aliphatic hydroxyl groups is 1. The molecule has 2 N–H and O–H groups in total. The minimum Gasteiger partial charge on any atom is -0.393 e. The summed E-state index contributed by atoms with van der Waals surface area (Å²) in [5, 5.41) is 12.9. The van der Waals surface area contributed by atoms with E-state index in [1.165, 1.54) is 5.56 Å². The lowest BCUT2D eigenvalue weighted by Gasteiger charge is -2.22. The van der Waals surface area contributed by atoms with E-state index in [1.54, 1.807) is 0 Å². The van der Waals surface area contributed by atoms with Crippen LogP contribution in [0, 0.1) is 0 Å². The van der Waals surface area contributed by atoms with Gasteiger partial charge in [0, 0.05) is 11.7 Å². The quantitative estimate of drug-likeness (QED) is 0.828. The van der Waals surface area contributed by atoms with Gasteiger partial charge in [-0.25, -0.2) is 0 Å². The first-order valence-electron chi connectivity index (χ1n) is 6.88. The first-order valence-corrected chi connectivity index (χ1v) is 6.88. The second-order valence-corrected chi connectivity index (χ2v) is 6.16. The molecule has 102 valence electrons. The first kappa shape index (κ1) is 15.0. The van der Waals surface area contributed by atoms with E-state index in [0.29, 0.717) is 6.04 Å². The summed E-state index contributed by atoms with van der Waals surface area (Å²) in [7, 11) is 0. The molecule has 0 heterocycles. The van der Waals surface area contributed by atoms with Gasteiger partial charge >= 0.3 is 0 Å². The Morgan fingerprint density at radius 1 is 1.17 bits per heavy atom. The number of aliphatic hydroxyl groups excluding tert-OH is 1. The summed E-state index contributed by atoms with van der Waals surface area (Å²) < 4.78 is 0. The van der Waals surface area contributed by atoms with Gasteiger partial charge in [-0.3, -0.25) is 0 Å². The van der Waals surface area contributed by atoms with Gasteiger partial charge in [0.05, 0.1) is 6.10 Å². The molecule has 0 radical (unpaired) electrons. The number of anilines is 1. The molecular weight excluding hydrogens is 222 g/mol. The number of hydrogen-bond donors (Lipinski definition) is 2. The third kappa shape index (κ3) is 4.69. The summed E-state index contributed by atoms with van der Waals surface area (Å²) in [5.74, 6) is 0. The van der Waals surface area contributed by atoms with Crippen LogP contribution in [0.5, 0.6) is 0 Å². The highest BCUT2D eigenvalue weighted by Crippen LogP contribution is 2.24. The molecule has 1 aromatic rings. The van der Waals surface area contributed by atoms with E-state index in [0.717, 1.165) is 18.5 Å². The molecule has 0 spiro atoms. The summed E-state index contributed by atoms with van der Waals surface area (Å²) in [4.78, 5) is 0. The van der Waals surface area contributed by atoms with Gasteiger partial charge < -0.3 is 10.4 Å². The summed E-state index contributed by atoms with van der Waals surface area (Å²) in [6.07, 6.45) is 1.56. The zero-order valence-electron chi connectivity index (χ0n) is 12.3. The summed E-state index contributed by atoms with van der Waals surface area (Å²) in [6, 6.07) is 8.95. The lowest BCUT2D eigenvalue weighted by Crippen LogP contribution is -2.23. The van der Waals surface area contributed by atoms with Crippen LogP contribution in [0.25, 0.3) is 0 Å². The maximum Gasteiger partial charge on any atom is 0.0531 e. The molecule has 0 bridgehead atoms. The van der Waals surface area contributed by atoms with Crippen molar-refractivity contribution in [1.82, 2.24) is 0 Å². The van der Waals surface area contributed by atoms with Crippen LogP contribution in [0.3, 0.4) is 0 Å². The molecule has 0 aliphatic rings. The van der Waals surface area contributed by atoms with E-state index < -0.39 is 0 Å². The molecule has 2 nitrogen and oxygen atoms in total. The highest BCUT2D eigenvalue weighted by atomic mass is 16.3. The molecule has 0 aromatic heterocycles. The Labute approximate surface area is 111 Å². The van der Waals surface area contributed by atoms with Gasteiger partial charge in [-0.05, 0) is 42.9 Å². The Hall–Kier alpha value is -1.02. The summed E-state index contributed by atoms with van der Waals surface area (Å²) >= 11 is 0. The second kappa shape index (κ2) is 6.24. The second-order valence-electron chi connectivity index (χ2n) is 6.16. The van der Waals surface area contributed by atoms with Crippen molar-refractivity contribution in [1.29, 1.82) is 0 Å². The van der Waals surface area contributed by atoms with Crippen LogP contribution in [0.1, 0.15) is 53.0 Å². The molecule has 0 saturated carbocycles. The molecule has 2 heteroatoms. The predicted molar refractivity (Wildman–Crippen MR) is 79.1 cm³/mol. The van der Waals surface area contributed by atoms with Crippen LogP contribution >= 0.6 is 0 Å². The third-order valence-corrected chi connectivity index (χ3v) is 3.24. The largest absolute Gasteiger partial charge is 0.393 e. The van der Waals surface area contributed by atoms with E-state index in [4.69, 9.17) is 0 Å². The zero-order chi connectivity index (χ0) is 13.8. The molecule has 1 aromatic carbocycles. The molecule has 2 atom stereocenters. The van der Waals surface area contributed by atoms with E-state index in [1.807, 2.05) is 6.92 Å². The third-order valence-electron chi connectivity index (χ3n) is 3.24. The van der Waals surface area contributed by atoms with Crippen LogP contribution < -0.4 is 5.32 Å². The predicted octanol–water partition coefficient (Wildman–Crippen LogP) is 3.95. The molecule has 0 amide bonds. The minimum atomic E-state index is -0.253. The van der Waals surface area contributed by atoms with Crippen molar-refractivity contribution >= 4 is 5.69 Å². The van der Waals surface area contributed by atoms with Crippen LogP contribution in [0.4, 0.5) is 5.69 Å². The fourth-order valence-electron chi connectivity index (χ4n) is 2.04. The monoisotopic (exact) mass is 249 g/mol. The van der Waals surface area contributed by atoms with Gasteiger partial charge in [0.15, 0.2) is 0 Å². The molecule has 1 rings (SSSR count). The van der Waals surface area contributed by atoms with Crippen molar-refractivity contribution in [3.8, 4) is 0 Å². The van der Waals surface area contributed by atoms with Crippen molar-refractivity contribution in [2.24, 2.45) is 0 Å². The van der Waals surface area contributed by atoms with E-state index in [-0.39, 0.29) is 11.5 Å². The van der Waals surface area contributed by atoms with Crippen LogP contribution in [-0.2, 0) is 5.41 Å². The lowest BCUT2D eigenvalue weighted by molar-refractivity contribution is 0.177. The molecule has 0 aliphatic carbocycles. The Kier molecular flexibility index (Phi) is 5.21. The Bertz CT molecular complexity index is 348. The fraction of sp³-hybridized carbons (Fsp3) is 0.625. The summed E-state index contributed by atoms with van der Waals surface area (Å²) in [5.41, 5.74) is 2.68. The van der Waals surface area contributed by atoms with Gasteiger partial charge in [-0.15, -0.1) is 0 Å². The normalized spacial score (nSPS) is 15.2. The number of nitrogens with one attached hydrogen (secondary N) is 1. The van der Waals surface area contributed by atoms with Gasteiger partial charge in [-0.1, -0.05) is 39.8 Å². The average molecular weight is 249 g/mol. The number of rotatable bonds is 5. The smallest absolute Gasteiger partial charge is 0.0531 e. The van der Waals surface area contributed by atoms with Crippen LogP contribution in [-0.4, -0.2) is 17.3 Å². The van der Waals surface area contributed by atoms with Crippen molar-refractivity contribution in [3.63, 3.8) is 0 Å². The standard InChI is InChI=1S/C16H27NO/c1-6-14(11-12(2)18)17-15-9-7-13(8-10-15)16(3,4)5/h7-10,12,14,17-18H,6,11H2,1-5H3/t12-,14+/m1/s1. The van der Waals surface area contributed by atoms with Gasteiger partial charge in [0.25, 0.3) is 0 Å². The van der Waals surface area contributed by atoms with Crippen molar-refractivity contribution < 1.29 is 5.11 Å². The number of hydrogen-bond acceptors (Lipinski definition) is 2. The molecular formula is C16H27NO. The van der Waals surface area contributed by atoms with E-state index in [9.17, 15) is 5.11 Å². The Balaban J connectivity index is 2.68. The Morgan fingerprint density at radius 2 is 1.72 bits per heavy atom. The van der Waals surface area contributed by atoms with Crippen molar-refractivity contribution in [2.45, 2.75) is 65.0 Å². The van der Waals surface area contributed by atoms with E-state index in [2.05, 4.69) is 57.3 Å². The molecule has 0 unspecified atom stereocenters. The van der Waals surface area contributed by atoms with Crippen molar-refractivity contribution in [2.75, 3.05) is 5.32 Å². The van der Waals surface area contributed by atoms with Crippen LogP contribution in [0.2, 0.25) is 0 Å². The fourth-order valence-corrected chi connectivity index (χ4v) is 2.04. The average Bonchev–Trinajstić information content (AvgIpc) is 2.27. The van der Waals surface area contributed by atoms with Gasteiger partial charge in [0.2, 0.25) is 0 Å². The van der Waals surface area contributed by atoms with Crippen LogP contribution in [0.15, 0.2) is 24.3 Å².